The summed E-state index contributed by atoms with van der Waals surface area (Å²) in [4.78, 5) is 14.1. The van der Waals surface area contributed by atoms with Crippen molar-refractivity contribution in [3.8, 4) is 0 Å². The fourth-order valence-electron chi connectivity index (χ4n) is 2.48. The Morgan fingerprint density at radius 1 is 1.44 bits per heavy atom. The molecule has 3 N–H and O–H groups in total. The normalized spacial score (nSPS) is 21.3. The first kappa shape index (κ1) is 9.51. The maximum Gasteiger partial charge on any atom is 0.232 e. The fourth-order valence-corrected chi connectivity index (χ4v) is 2.48. The molecule has 16 heavy (non-hydrogen) atoms. The number of nitrogen functional groups attached to an aromatic ring is 1. The monoisotopic (exact) mass is 217 g/mol. The smallest absolute Gasteiger partial charge is 0.232 e. The maximum absolute atomic E-state index is 12.0. The molecule has 84 valence electrons. The van der Waals surface area contributed by atoms with Gasteiger partial charge in [0.1, 0.15) is 0 Å². The van der Waals surface area contributed by atoms with Gasteiger partial charge in [-0.05, 0) is 25.0 Å². The minimum atomic E-state index is -0.166. The van der Waals surface area contributed by atoms with Crippen LogP contribution in [0.15, 0.2) is 18.2 Å². The summed E-state index contributed by atoms with van der Waals surface area (Å²) in [5.41, 5.74) is 8.29. The number of hydrogen-bond acceptors (Lipinski definition) is 3. The van der Waals surface area contributed by atoms with Crippen LogP contribution in [0.1, 0.15) is 12.8 Å². The van der Waals surface area contributed by atoms with E-state index in [-0.39, 0.29) is 11.3 Å². The van der Waals surface area contributed by atoms with Crippen LogP contribution in [0, 0.1) is 5.41 Å². The molecule has 1 fully saturated rings. The van der Waals surface area contributed by atoms with Crippen molar-refractivity contribution in [1.82, 2.24) is 0 Å². The lowest BCUT2D eigenvalue weighted by Gasteiger charge is -2.22. The standard InChI is InChI=1S/C12H15N3O/c1-15-7-12(5-6-12)11(16)14-9-4-2-3-8(13)10(9)15/h2-4H,5-7,13H2,1H3,(H,14,16). The summed E-state index contributed by atoms with van der Waals surface area (Å²) in [6.45, 7) is 0.764. The average Bonchev–Trinajstić information content (AvgIpc) is 2.98. The van der Waals surface area contributed by atoms with Crippen molar-refractivity contribution in [2.45, 2.75) is 12.8 Å². The largest absolute Gasteiger partial charge is 0.397 e. The SMILES string of the molecule is CN1CC2(CC2)C(=O)Nc2cccc(N)c21. The van der Waals surface area contributed by atoms with Gasteiger partial charge in [0, 0.05) is 13.6 Å². The number of para-hydroxylation sites is 1. The molecule has 0 atom stereocenters. The molecule has 0 bridgehead atoms. The second kappa shape index (κ2) is 2.90. The van der Waals surface area contributed by atoms with Crippen molar-refractivity contribution >= 4 is 23.0 Å². The summed E-state index contributed by atoms with van der Waals surface area (Å²) < 4.78 is 0. The van der Waals surface area contributed by atoms with E-state index in [0.717, 1.165) is 36.4 Å². The van der Waals surface area contributed by atoms with Gasteiger partial charge in [-0.25, -0.2) is 0 Å². The maximum atomic E-state index is 12.0. The molecule has 1 aliphatic carbocycles. The predicted octanol–water partition coefficient (Wildman–Crippen LogP) is 1.44. The molecule has 2 aliphatic rings. The number of amides is 1. The Morgan fingerprint density at radius 2 is 2.19 bits per heavy atom. The highest BCUT2D eigenvalue weighted by atomic mass is 16.2. The Bertz CT molecular complexity index is 465. The van der Waals surface area contributed by atoms with Crippen molar-refractivity contribution < 1.29 is 4.79 Å². The Balaban J connectivity index is 2.10. The van der Waals surface area contributed by atoms with Crippen LogP contribution < -0.4 is 16.0 Å². The topological polar surface area (TPSA) is 58.4 Å². The summed E-state index contributed by atoms with van der Waals surface area (Å²) in [7, 11) is 2.00. The fraction of sp³-hybridized carbons (Fsp3) is 0.417. The molecule has 1 aromatic rings. The summed E-state index contributed by atoms with van der Waals surface area (Å²) in [6.07, 6.45) is 1.97. The van der Waals surface area contributed by atoms with E-state index in [4.69, 9.17) is 5.73 Å². The average molecular weight is 217 g/mol. The number of rotatable bonds is 0. The van der Waals surface area contributed by atoms with Gasteiger partial charge >= 0.3 is 0 Å². The van der Waals surface area contributed by atoms with Crippen LogP contribution in [0.2, 0.25) is 0 Å². The van der Waals surface area contributed by atoms with Crippen molar-refractivity contribution in [1.29, 1.82) is 0 Å². The molecule has 1 aliphatic heterocycles. The number of hydrogen-bond donors (Lipinski definition) is 2. The van der Waals surface area contributed by atoms with Crippen LogP contribution >= 0.6 is 0 Å². The lowest BCUT2D eigenvalue weighted by atomic mass is 10.1. The van der Waals surface area contributed by atoms with Gasteiger partial charge in [-0.15, -0.1) is 0 Å². The Hall–Kier alpha value is -1.71. The van der Waals surface area contributed by atoms with Gasteiger partial charge in [-0.1, -0.05) is 6.07 Å². The highest BCUT2D eigenvalue weighted by molar-refractivity contribution is 6.03. The van der Waals surface area contributed by atoms with Crippen molar-refractivity contribution in [3.05, 3.63) is 18.2 Å². The first-order valence-corrected chi connectivity index (χ1v) is 5.53. The molecule has 1 amide bonds. The Morgan fingerprint density at radius 3 is 2.88 bits per heavy atom. The van der Waals surface area contributed by atoms with E-state index in [1.807, 2.05) is 25.2 Å². The number of benzene rings is 1. The van der Waals surface area contributed by atoms with E-state index >= 15 is 0 Å². The molecule has 1 heterocycles. The number of nitrogens with two attached hydrogens (primary N) is 1. The van der Waals surface area contributed by atoms with E-state index in [1.54, 1.807) is 0 Å². The number of nitrogens with zero attached hydrogens (tertiary/aromatic N) is 1. The molecular weight excluding hydrogens is 202 g/mol. The van der Waals surface area contributed by atoms with E-state index in [1.165, 1.54) is 0 Å². The lowest BCUT2D eigenvalue weighted by molar-refractivity contribution is -0.120. The molecule has 0 aromatic heterocycles. The number of nitrogens with one attached hydrogen (secondary N) is 1. The van der Waals surface area contributed by atoms with Gasteiger partial charge < -0.3 is 16.0 Å². The van der Waals surface area contributed by atoms with Gasteiger partial charge in [0.2, 0.25) is 5.91 Å². The third kappa shape index (κ3) is 1.19. The van der Waals surface area contributed by atoms with Crippen LogP contribution in [0.4, 0.5) is 17.1 Å². The summed E-state index contributed by atoms with van der Waals surface area (Å²) >= 11 is 0. The quantitative estimate of drug-likeness (QED) is 0.646. The second-order valence-electron chi connectivity index (χ2n) is 4.83. The molecule has 3 rings (SSSR count). The Kier molecular flexibility index (Phi) is 1.73. The van der Waals surface area contributed by atoms with Crippen LogP contribution in [0.25, 0.3) is 0 Å². The Labute approximate surface area is 94.4 Å². The molecule has 0 radical (unpaired) electrons. The third-order valence-electron chi connectivity index (χ3n) is 3.57. The molecule has 1 aromatic carbocycles. The highest BCUT2D eigenvalue weighted by Gasteiger charge is 2.52. The van der Waals surface area contributed by atoms with E-state index in [2.05, 4.69) is 10.2 Å². The zero-order chi connectivity index (χ0) is 11.3. The van der Waals surface area contributed by atoms with Gasteiger partial charge in [-0.2, -0.15) is 0 Å². The first-order valence-electron chi connectivity index (χ1n) is 5.53. The molecule has 4 heteroatoms. The van der Waals surface area contributed by atoms with Crippen molar-refractivity contribution in [2.24, 2.45) is 5.41 Å². The molecule has 0 unspecified atom stereocenters. The number of fused-ring (bicyclic) bond motifs is 1. The summed E-state index contributed by atoms with van der Waals surface area (Å²) in [6, 6.07) is 5.64. The van der Waals surface area contributed by atoms with Gasteiger partial charge in [0.25, 0.3) is 0 Å². The number of carbonyl (C=O) groups is 1. The van der Waals surface area contributed by atoms with Gasteiger partial charge in [0.05, 0.1) is 22.5 Å². The first-order chi connectivity index (χ1) is 7.62. The second-order valence-corrected chi connectivity index (χ2v) is 4.83. The number of anilines is 3. The zero-order valence-electron chi connectivity index (χ0n) is 9.29. The highest BCUT2D eigenvalue weighted by Crippen LogP contribution is 2.50. The minimum absolute atomic E-state index is 0.142. The molecule has 1 spiro atoms. The molecule has 0 saturated heterocycles. The van der Waals surface area contributed by atoms with E-state index in [9.17, 15) is 4.79 Å². The van der Waals surface area contributed by atoms with E-state index < -0.39 is 0 Å². The third-order valence-corrected chi connectivity index (χ3v) is 3.57. The van der Waals surface area contributed by atoms with Gasteiger partial charge in [0.15, 0.2) is 0 Å². The lowest BCUT2D eigenvalue weighted by Crippen LogP contribution is -2.31. The molecule has 1 saturated carbocycles. The summed E-state index contributed by atoms with van der Waals surface area (Å²) in [5.74, 6) is 0.142. The van der Waals surface area contributed by atoms with Gasteiger partial charge in [-0.3, -0.25) is 4.79 Å². The van der Waals surface area contributed by atoms with Crippen LogP contribution in [-0.2, 0) is 4.79 Å². The zero-order valence-corrected chi connectivity index (χ0v) is 9.29. The minimum Gasteiger partial charge on any atom is -0.397 e. The predicted molar refractivity (Wildman–Crippen MR) is 64.4 cm³/mol. The van der Waals surface area contributed by atoms with E-state index in [0.29, 0.717) is 0 Å². The van der Waals surface area contributed by atoms with Crippen LogP contribution in [0.5, 0.6) is 0 Å². The molecular formula is C12H15N3O. The van der Waals surface area contributed by atoms with Crippen LogP contribution in [0.3, 0.4) is 0 Å². The van der Waals surface area contributed by atoms with Crippen molar-refractivity contribution in [2.75, 3.05) is 29.5 Å². The van der Waals surface area contributed by atoms with Crippen molar-refractivity contribution in [3.63, 3.8) is 0 Å². The van der Waals surface area contributed by atoms with Crippen LogP contribution in [-0.4, -0.2) is 19.5 Å². The number of carbonyl (C=O) groups excluding carboxylic acids is 1. The molecule has 4 nitrogen and oxygen atoms in total. The summed E-state index contributed by atoms with van der Waals surface area (Å²) in [5, 5.41) is 2.99.